The molecule has 1 N–H and O–H groups in total. The molecule has 0 aliphatic carbocycles. The summed E-state index contributed by atoms with van der Waals surface area (Å²) in [6.07, 6.45) is 0. The molecule has 0 aliphatic heterocycles. The molecule has 5 nitrogen and oxygen atoms in total. The summed E-state index contributed by atoms with van der Waals surface area (Å²) in [5, 5.41) is 17.3. The van der Waals surface area contributed by atoms with E-state index >= 15 is 0 Å². The number of hydrogen-bond acceptors (Lipinski definition) is 4. The minimum absolute atomic E-state index is 0.248. The number of benzene rings is 1. The van der Waals surface area contributed by atoms with Gasteiger partial charge in [-0.15, -0.1) is 10.2 Å². The lowest BCUT2D eigenvalue weighted by Gasteiger charge is -2.24. The van der Waals surface area contributed by atoms with Gasteiger partial charge in [-0.1, -0.05) is 0 Å². The van der Waals surface area contributed by atoms with Gasteiger partial charge in [-0.3, -0.25) is 0 Å². The van der Waals surface area contributed by atoms with Gasteiger partial charge in [-0.2, -0.15) is 0 Å². The molecule has 0 fully saturated rings. The fraction of sp³-hybridized carbons (Fsp3) is 0.429. The summed E-state index contributed by atoms with van der Waals surface area (Å²) in [4.78, 5) is 0. The summed E-state index contributed by atoms with van der Waals surface area (Å²) >= 11 is 0. The average Bonchev–Trinajstić information content (AvgIpc) is 2.82. The van der Waals surface area contributed by atoms with E-state index in [2.05, 4.69) is 10.2 Å². The molecular weight excluding hydrogens is 261 g/mol. The molecule has 1 aromatic carbocycles. The molecule has 0 saturated carbocycles. The van der Waals surface area contributed by atoms with Crippen LogP contribution in [0.25, 0.3) is 11.4 Å². The average molecular weight is 279 g/mol. The third-order valence-electron chi connectivity index (χ3n) is 2.96. The molecule has 0 radical (unpaired) electrons. The molecule has 2 aromatic rings. The Bertz CT molecular complexity index is 617. The second-order valence-electron chi connectivity index (χ2n) is 5.45. The Hall–Kier alpha value is -1.95. The van der Waals surface area contributed by atoms with Crippen LogP contribution < -0.4 is 4.74 Å². The van der Waals surface area contributed by atoms with E-state index in [9.17, 15) is 9.50 Å². The van der Waals surface area contributed by atoms with Gasteiger partial charge < -0.3 is 14.4 Å². The fourth-order valence-electron chi connectivity index (χ4n) is 2.10. The summed E-state index contributed by atoms with van der Waals surface area (Å²) in [7, 11) is 1.48. The quantitative estimate of drug-likeness (QED) is 0.936. The normalized spacial score (nSPS) is 11.7. The van der Waals surface area contributed by atoms with E-state index in [1.165, 1.54) is 13.2 Å². The van der Waals surface area contributed by atoms with E-state index in [4.69, 9.17) is 4.74 Å². The van der Waals surface area contributed by atoms with E-state index in [1.54, 1.807) is 16.7 Å². The molecule has 0 aliphatic rings. The van der Waals surface area contributed by atoms with Crippen LogP contribution in [0.3, 0.4) is 0 Å². The van der Waals surface area contributed by atoms with Crippen molar-refractivity contribution in [3.63, 3.8) is 0 Å². The predicted octanol–water partition coefficient (Wildman–Crippen LogP) is 2.34. The minimum atomic E-state index is -0.438. The number of nitrogens with zero attached hydrogens (tertiary/aromatic N) is 3. The van der Waals surface area contributed by atoms with Crippen LogP contribution in [0.2, 0.25) is 0 Å². The maximum absolute atomic E-state index is 14.2. The maximum Gasteiger partial charge on any atom is 0.167 e. The first kappa shape index (κ1) is 14.5. The highest BCUT2D eigenvalue weighted by Crippen LogP contribution is 2.29. The highest BCUT2D eigenvalue weighted by atomic mass is 19.1. The van der Waals surface area contributed by atoms with Gasteiger partial charge >= 0.3 is 0 Å². The van der Waals surface area contributed by atoms with Crippen molar-refractivity contribution < 1.29 is 14.2 Å². The smallest absolute Gasteiger partial charge is 0.167 e. The SMILES string of the molecule is COc1ccc(-c2nnc(CO)n2C(C)(C)C)c(F)c1. The summed E-state index contributed by atoms with van der Waals surface area (Å²) < 4.78 is 20.9. The first-order valence-electron chi connectivity index (χ1n) is 6.28. The maximum atomic E-state index is 14.2. The van der Waals surface area contributed by atoms with E-state index < -0.39 is 5.82 Å². The van der Waals surface area contributed by atoms with Crippen LogP contribution in [0, 0.1) is 5.82 Å². The van der Waals surface area contributed by atoms with Crippen molar-refractivity contribution in [2.75, 3.05) is 7.11 Å². The van der Waals surface area contributed by atoms with Crippen molar-refractivity contribution in [1.82, 2.24) is 14.8 Å². The van der Waals surface area contributed by atoms with Crippen LogP contribution in [-0.2, 0) is 12.1 Å². The molecule has 0 saturated heterocycles. The standard InChI is InChI=1S/C14H18FN3O2/c1-14(2,3)18-12(8-19)16-17-13(18)10-6-5-9(20-4)7-11(10)15/h5-7,19H,8H2,1-4H3. The lowest BCUT2D eigenvalue weighted by atomic mass is 10.1. The van der Waals surface area contributed by atoms with Gasteiger partial charge in [0.15, 0.2) is 11.6 Å². The molecule has 1 aromatic heterocycles. The van der Waals surface area contributed by atoms with Gasteiger partial charge in [-0.25, -0.2) is 4.39 Å². The molecule has 6 heteroatoms. The molecule has 2 rings (SSSR count). The Morgan fingerprint density at radius 1 is 1.30 bits per heavy atom. The summed E-state index contributed by atoms with van der Waals surface area (Å²) in [6.45, 7) is 5.59. The summed E-state index contributed by atoms with van der Waals surface area (Å²) in [6, 6.07) is 4.57. The van der Waals surface area contributed by atoms with Crippen LogP contribution in [0.4, 0.5) is 4.39 Å². The zero-order valence-corrected chi connectivity index (χ0v) is 12.0. The van der Waals surface area contributed by atoms with E-state index in [1.807, 2.05) is 20.8 Å². The van der Waals surface area contributed by atoms with Crippen molar-refractivity contribution in [2.45, 2.75) is 32.9 Å². The Morgan fingerprint density at radius 3 is 2.50 bits per heavy atom. The molecule has 108 valence electrons. The Labute approximate surface area is 117 Å². The first-order valence-corrected chi connectivity index (χ1v) is 6.28. The number of methoxy groups -OCH3 is 1. The minimum Gasteiger partial charge on any atom is -0.497 e. The van der Waals surface area contributed by atoms with Crippen molar-refractivity contribution in [1.29, 1.82) is 0 Å². The van der Waals surface area contributed by atoms with Crippen LogP contribution in [0.1, 0.15) is 26.6 Å². The number of halogens is 1. The largest absolute Gasteiger partial charge is 0.497 e. The van der Waals surface area contributed by atoms with Crippen molar-refractivity contribution in [3.05, 3.63) is 29.8 Å². The third-order valence-corrected chi connectivity index (χ3v) is 2.96. The summed E-state index contributed by atoms with van der Waals surface area (Å²) in [5.41, 5.74) is -0.0450. The van der Waals surface area contributed by atoms with Crippen LogP contribution in [-0.4, -0.2) is 27.0 Å². The lowest BCUT2D eigenvalue weighted by Crippen LogP contribution is -2.25. The Kier molecular flexibility index (Phi) is 3.76. The molecule has 20 heavy (non-hydrogen) atoms. The molecule has 0 bridgehead atoms. The summed E-state index contributed by atoms with van der Waals surface area (Å²) in [5.74, 6) is 0.798. The van der Waals surface area contributed by atoms with Crippen LogP contribution in [0.15, 0.2) is 18.2 Å². The highest BCUT2D eigenvalue weighted by Gasteiger charge is 2.25. The molecule has 0 atom stereocenters. The third kappa shape index (κ3) is 2.51. The fourth-order valence-corrected chi connectivity index (χ4v) is 2.10. The van der Waals surface area contributed by atoms with E-state index in [0.717, 1.165) is 0 Å². The number of aliphatic hydroxyl groups is 1. The topological polar surface area (TPSA) is 60.2 Å². The number of ether oxygens (including phenoxy) is 1. The van der Waals surface area contributed by atoms with E-state index in [0.29, 0.717) is 23.0 Å². The predicted molar refractivity (Wildman–Crippen MR) is 72.9 cm³/mol. The van der Waals surface area contributed by atoms with Gasteiger partial charge in [-0.05, 0) is 32.9 Å². The van der Waals surface area contributed by atoms with Gasteiger partial charge in [0.1, 0.15) is 18.2 Å². The lowest BCUT2D eigenvalue weighted by molar-refractivity contribution is 0.250. The van der Waals surface area contributed by atoms with E-state index in [-0.39, 0.29) is 12.1 Å². The van der Waals surface area contributed by atoms with Gasteiger partial charge in [0.25, 0.3) is 0 Å². The van der Waals surface area contributed by atoms with Crippen LogP contribution in [0.5, 0.6) is 5.75 Å². The number of hydrogen-bond donors (Lipinski definition) is 1. The molecule has 0 amide bonds. The first-order chi connectivity index (χ1) is 9.38. The van der Waals surface area contributed by atoms with Gasteiger partial charge in [0, 0.05) is 11.6 Å². The molecule has 1 heterocycles. The monoisotopic (exact) mass is 279 g/mol. The highest BCUT2D eigenvalue weighted by molar-refractivity contribution is 5.58. The zero-order chi connectivity index (χ0) is 14.9. The number of rotatable bonds is 3. The number of aliphatic hydroxyl groups excluding tert-OH is 1. The van der Waals surface area contributed by atoms with Gasteiger partial charge in [0.05, 0.1) is 12.7 Å². The second-order valence-corrected chi connectivity index (χ2v) is 5.45. The van der Waals surface area contributed by atoms with Crippen molar-refractivity contribution >= 4 is 0 Å². The zero-order valence-electron chi connectivity index (χ0n) is 12.0. The van der Waals surface area contributed by atoms with Crippen molar-refractivity contribution in [2.24, 2.45) is 0 Å². The Morgan fingerprint density at radius 2 is 2.00 bits per heavy atom. The van der Waals surface area contributed by atoms with Gasteiger partial charge in [0.2, 0.25) is 0 Å². The Balaban J connectivity index is 2.62. The van der Waals surface area contributed by atoms with Crippen molar-refractivity contribution in [3.8, 4) is 17.1 Å². The van der Waals surface area contributed by atoms with Crippen LogP contribution >= 0.6 is 0 Å². The second kappa shape index (κ2) is 5.20. The number of aromatic nitrogens is 3. The molecule has 0 spiro atoms. The molecular formula is C14H18FN3O2. The molecule has 0 unspecified atom stereocenters.